The van der Waals surface area contributed by atoms with Crippen LogP contribution >= 0.6 is 22.9 Å². The van der Waals surface area contributed by atoms with Crippen molar-refractivity contribution in [1.29, 1.82) is 0 Å². The number of amides is 1. The molecule has 1 fully saturated rings. The van der Waals surface area contributed by atoms with Crippen molar-refractivity contribution in [3.05, 3.63) is 44.1 Å². The topological polar surface area (TPSA) is 99.7 Å². The summed E-state index contributed by atoms with van der Waals surface area (Å²) >= 11 is 7.26. The van der Waals surface area contributed by atoms with E-state index in [1.54, 1.807) is 27.8 Å². The predicted molar refractivity (Wildman–Crippen MR) is 108 cm³/mol. The van der Waals surface area contributed by atoms with E-state index in [2.05, 4.69) is 27.1 Å². The first-order chi connectivity index (χ1) is 13.5. The molecule has 0 aromatic carbocycles. The maximum Gasteiger partial charge on any atom is 0.328 e. The van der Waals surface area contributed by atoms with Gasteiger partial charge >= 0.3 is 5.69 Å². The highest BCUT2D eigenvalue weighted by atomic mass is 35.5. The van der Waals surface area contributed by atoms with Gasteiger partial charge in [0.25, 0.3) is 5.91 Å². The van der Waals surface area contributed by atoms with Gasteiger partial charge in [0.15, 0.2) is 11.3 Å². The molecule has 1 unspecified atom stereocenters. The summed E-state index contributed by atoms with van der Waals surface area (Å²) in [4.78, 5) is 34.0. The van der Waals surface area contributed by atoms with Gasteiger partial charge < -0.3 is 9.88 Å². The van der Waals surface area contributed by atoms with Crippen LogP contribution in [0.2, 0.25) is 4.34 Å². The molecule has 28 heavy (non-hydrogen) atoms. The number of thiophene rings is 1. The van der Waals surface area contributed by atoms with Gasteiger partial charge in [-0.05, 0) is 30.5 Å². The molecule has 1 aliphatic heterocycles. The number of rotatable bonds is 2. The standard InChI is InChI=1S/C18H17ClN6O2S/c1-9-5-7-24(17(26)12-2-3-13(19)28-12)8-11(9)25-14-10-4-6-20-15(10)22-23-16(14)21-18(25)27/h2-4,6,9,11H,5,7-8H2,1H3,(H,20,22)(H,21,23,27)/t9-,11?/m1/s1. The van der Waals surface area contributed by atoms with E-state index in [0.29, 0.717) is 33.6 Å². The third-order valence-corrected chi connectivity index (χ3v) is 6.68. The lowest BCUT2D eigenvalue weighted by atomic mass is 9.93. The van der Waals surface area contributed by atoms with Crippen LogP contribution in [0.3, 0.4) is 0 Å². The number of aromatic amines is 2. The molecule has 0 radical (unpaired) electrons. The van der Waals surface area contributed by atoms with E-state index in [1.165, 1.54) is 11.3 Å². The number of carbonyl (C=O) groups is 1. The smallest absolute Gasteiger partial charge is 0.328 e. The maximum atomic E-state index is 12.9. The van der Waals surface area contributed by atoms with Crippen molar-refractivity contribution in [2.45, 2.75) is 19.4 Å². The summed E-state index contributed by atoms with van der Waals surface area (Å²) in [7, 11) is 0. The fraction of sp³-hybridized carbons (Fsp3) is 0.333. The highest BCUT2D eigenvalue weighted by molar-refractivity contribution is 7.17. The average Bonchev–Trinajstić information content (AvgIpc) is 3.39. The number of H-pyrrole nitrogens is 2. The molecule has 2 N–H and O–H groups in total. The summed E-state index contributed by atoms with van der Waals surface area (Å²) in [5, 5.41) is 9.08. The van der Waals surface area contributed by atoms with Crippen LogP contribution in [0.25, 0.3) is 22.2 Å². The molecule has 8 nitrogen and oxygen atoms in total. The summed E-state index contributed by atoms with van der Waals surface area (Å²) in [5.41, 5.74) is 1.58. The third kappa shape index (κ3) is 2.65. The van der Waals surface area contributed by atoms with Crippen LogP contribution in [0.15, 0.2) is 29.2 Å². The normalized spacial score (nSPS) is 20.3. The van der Waals surface area contributed by atoms with Crippen molar-refractivity contribution in [3.63, 3.8) is 0 Å². The number of nitrogens with zero attached hydrogens (tertiary/aromatic N) is 4. The largest absolute Gasteiger partial charge is 0.345 e. The van der Waals surface area contributed by atoms with Crippen LogP contribution in [0.5, 0.6) is 0 Å². The van der Waals surface area contributed by atoms with Crippen molar-refractivity contribution in [2.24, 2.45) is 5.92 Å². The van der Waals surface area contributed by atoms with Gasteiger partial charge in [-0.3, -0.25) is 14.3 Å². The summed E-state index contributed by atoms with van der Waals surface area (Å²) in [6.07, 6.45) is 2.59. The molecule has 5 rings (SSSR count). The average molecular weight is 417 g/mol. The Morgan fingerprint density at radius 3 is 2.89 bits per heavy atom. The van der Waals surface area contributed by atoms with Gasteiger partial charge in [-0.15, -0.1) is 21.5 Å². The number of imidazole rings is 1. The highest BCUT2D eigenvalue weighted by Crippen LogP contribution is 2.32. The number of piperidine rings is 1. The van der Waals surface area contributed by atoms with Crippen LogP contribution in [0.4, 0.5) is 0 Å². The van der Waals surface area contributed by atoms with Gasteiger partial charge in [-0.1, -0.05) is 18.5 Å². The molecule has 1 aliphatic rings. The fourth-order valence-electron chi connectivity index (χ4n) is 3.97. The Morgan fingerprint density at radius 1 is 1.29 bits per heavy atom. The zero-order chi connectivity index (χ0) is 19.4. The van der Waals surface area contributed by atoms with E-state index in [0.717, 1.165) is 17.3 Å². The Bertz CT molecular complexity index is 1250. The fourth-order valence-corrected chi connectivity index (χ4v) is 4.98. The number of halogens is 1. The van der Waals surface area contributed by atoms with Gasteiger partial charge in [0, 0.05) is 24.7 Å². The molecular weight excluding hydrogens is 400 g/mol. The van der Waals surface area contributed by atoms with Gasteiger partial charge in [0.1, 0.15) is 5.52 Å². The SMILES string of the molecule is C[C@@H]1CCN(C(=O)c2ccc(Cl)s2)CC1n1c(=O)[nH]c2nnc3[nH]ccc3c21. The van der Waals surface area contributed by atoms with Crippen LogP contribution < -0.4 is 5.69 Å². The minimum absolute atomic E-state index is 0.0479. The summed E-state index contributed by atoms with van der Waals surface area (Å²) in [6, 6.07) is 5.21. The molecule has 4 aromatic rings. The lowest BCUT2D eigenvalue weighted by molar-refractivity contribution is 0.0627. The molecule has 0 spiro atoms. The minimum atomic E-state index is -0.233. The molecule has 0 bridgehead atoms. The first-order valence-electron chi connectivity index (χ1n) is 9.01. The third-order valence-electron chi connectivity index (χ3n) is 5.46. The van der Waals surface area contributed by atoms with Gasteiger partial charge in [0.2, 0.25) is 0 Å². The number of fused-ring (bicyclic) bond motifs is 3. The first kappa shape index (κ1) is 17.4. The zero-order valence-electron chi connectivity index (χ0n) is 15.0. The summed E-state index contributed by atoms with van der Waals surface area (Å²) in [6.45, 7) is 3.22. The van der Waals surface area contributed by atoms with Crippen LogP contribution in [-0.2, 0) is 0 Å². The molecule has 0 saturated carbocycles. The second kappa shape index (κ2) is 6.46. The highest BCUT2D eigenvalue weighted by Gasteiger charge is 2.33. The Balaban J connectivity index is 1.58. The van der Waals surface area contributed by atoms with Crippen molar-refractivity contribution >= 4 is 51.0 Å². The zero-order valence-corrected chi connectivity index (χ0v) is 16.5. The van der Waals surface area contributed by atoms with E-state index < -0.39 is 0 Å². The van der Waals surface area contributed by atoms with Crippen LogP contribution in [0, 0.1) is 5.92 Å². The Kier molecular flexibility index (Phi) is 4.02. The van der Waals surface area contributed by atoms with E-state index in [-0.39, 0.29) is 23.6 Å². The number of hydrogen-bond acceptors (Lipinski definition) is 5. The summed E-state index contributed by atoms with van der Waals surface area (Å²) < 4.78 is 2.33. The van der Waals surface area contributed by atoms with E-state index in [4.69, 9.17) is 11.6 Å². The van der Waals surface area contributed by atoms with Crippen molar-refractivity contribution in [3.8, 4) is 0 Å². The lowest BCUT2D eigenvalue weighted by Gasteiger charge is -2.37. The van der Waals surface area contributed by atoms with Crippen molar-refractivity contribution in [2.75, 3.05) is 13.1 Å². The Labute approximate surface area is 168 Å². The monoisotopic (exact) mass is 416 g/mol. The van der Waals surface area contributed by atoms with E-state index in [1.807, 2.05) is 6.07 Å². The number of hydrogen-bond donors (Lipinski definition) is 2. The molecule has 144 valence electrons. The molecule has 10 heteroatoms. The minimum Gasteiger partial charge on any atom is -0.345 e. The van der Waals surface area contributed by atoms with Gasteiger partial charge in [0.05, 0.1) is 15.3 Å². The van der Waals surface area contributed by atoms with E-state index in [9.17, 15) is 9.59 Å². The number of aromatic nitrogens is 5. The molecule has 2 atom stereocenters. The molecule has 1 amide bonds. The number of carbonyl (C=O) groups excluding carboxylic acids is 1. The summed E-state index contributed by atoms with van der Waals surface area (Å²) in [5.74, 6) is 0.183. The molecule has 1 saturated heterocycles. The van der Waals surface area contributed by atoms with Crippen LogP contribution in [-0.4, -0.2) is 48.6 Å². The van der Waals surface area contributed by atoms with Crippen molar-refractivity contribution in [1.82, 2.24) is 29.6 Å². The Hall–Kier alpha value is -2.65. The second-order valence-corrected chi connectivity index (χ2v) is 8.84. The predicted octanol–water partition coefficient (Wildman–Crippen LogP) is 3.04. The number of likely N-dealkylation sites (tertiary alicyclic amines) is 1. The lowest BCUT2D eigenvalue weighted by Crippen LogP contribution is -2.45. The van der Waals surface area contributed by atoms with Crippen molar-refractivity contribution < 1.29 is 4.79 Å². The Morgan fingerprint density at radius 2 is 2.11 bits per heavy atom. The first-order valence-corrected chi connectivity index (χ1v) is 10.2. The van der Waals surface area contributed by atoms with Gasteiger partial charge in [-0.25, -0.2) is 4.79 Å². The molecule has 5 heterocycles. The van der Waals surface area contributed by atoms with E-state index >= 15 is 0 Å². The number of nitrogens with one attached hydrogen (secondary N) is 2. The molecule has 0 aliphatic carbocycles. The molecule has 4 aromatic heterocycles. The quantitative estimate of drug-likeness (QED) is 0.524. The second-order valence-electron chi connectivity index (χ2n) is 7.13. The van der Waals surface area contributed by atoms with Crippen LogP contribution in [0.1, 0.15) is 29.1 Å². The molecular formula is C18H17ClN6O2S. The van der Waals surface area contributed by atoms with Gasteiger partial charge in [-0.2, -0.15) is 0 Å². The maximum absolute atomic E-state index is 12.9.